The fraction of sp³-hybridized carbons (Fsp3) is 0.250. The molecule has 190 valence electrons. The number of fused-ring (bicyclic) bond motifs is 1. The molecule has 1 aliphatic rings. The molecule has 0 aliphatic carbocycles. The maximum Gasteiger partial charge on any atom is 0.325 e. The number of carbonyl (C=O) groups excluding carboxylic acids is 2. The van der Waals surface area contributed by atoms with Crippen LogP contribution in [0.15, 0.2) is 73.1 Å². The zero-order valence-corrected chi connectivity index (χ0v) is 21.1. The predicted molar refractivity (Wildman–Crippen MR) is 145 cm³/mol. The number of benzene rings is 2. The van der Waals surface area contributed by atoms with E-state index in [0.717, 1.165) is 47.7 Å². The zero-order chi connectivity index (χ0) is 25.9. The summed E-state index contributed by atoms with van der Waals surface area (Å²) in [5.74, 6) is 0.981. The smallest absolute Gasteiger partial charge is 0.325 e. The van der Waals surface area contributed by atoms with Crippen molar-refractivity contribution in [3.05, 3.63) is 78.6 Å². The Hall–Kier alpha value is -4.37. The molecule has 0 spiro atoms. The molecular formula is C28H30N6O3. The number of pyridine rings is 1. The molecule has 3 heterocycles. The molecule has 0 bridgehead atoms. The van der Waals surface area contributed by atoms with E-state index in [1.54, 1.807) is 36.1 Å². The number of amides is 2. The number of carbonyl (C=O) groups is 2. The van der Waals surface area contributed by atoms with Gasteiger partial charge in [0.2, 0.25) is 0 Å². The van der Waals surface area contributed by atoms with E-state index in [0.29, 0.717) is 11.4 Å². The number of nitrogens with zero attached hydrogens (tertiary/aromatic N) is 4. The molecule has 0 atom stereocenters. The Kier molecular flexibility index (Phi) is 6.78. The van der Waals surface area contributed by atoms with Crippen LogP contribution in [0.3, 0.4) is 0 Å². The molecule has 0 unspecified atom stereocenters. The summed E-state index contributed by atoms with van der Waals surface area (Å²) in [6.45, 7) is 5.05. The molecule has 1 fully saturated rings. The van der Waals surface area contributed by atoms with Crippen LogP contribution in [-0.2, 0) is 0 Å². The number of ether oxygens (including phenoxy) is 1. The standard InChI is InChI=1S/C28H30N6O3/c1-4-33-17-24(18-33)37-23-8-5-19(6-9-23)27(35)31-26-16-22(11-13-30-26)32(3)21-7-10-25-20(15-21)12-14-34(25)28(36)29-2/h5-16,24H,4,17-18H2,1-3H3,(H,29,36)(H,30,31,35). The minimum Gasteiger partial charge on any atom is -0.488 e. The zero-order valence-electron chi connectivity index (χ0n) is 21.1. The van der Waals surface area contributed by atoms with Gasteiger partial charge >= 0.3 is 6.03 Å². The van der Waals surface area contributed by atoms with Crippen molar-refractivity contribution in [3.63, 3.8) is 0 Å². The van der Waals surface area contributed by atoms with E-state index < -0.39 is 0 Å². The fourth-order valence-corrected chi connectivity index (χ4v) is 4.40. The Morgan fingerprint density at radius 3 is 2.54 bits per heavy atom. The summed E-state index contributed by atoms with van der Waals surface area (Å²) in [7, 11) is 3.55. The Balaban J connectivity index is 1.25. The summed E-state index contributed by atoms with van der Waals surface area (Å²) in [6, 6.07) is 18.5. The molecule has 1 saturated heterocycles. The number of nitrogens with one attached hydrogen (secondary N) is 2. The summed E-state index contributed by atoms with van der Waals surface area (Å²) >= 11 is 0. The maximum atomic E-state index is 12.8. The molecule has 2 N–H and O–H groups in total. The summed E-state index contributed by atoms with van der Waals surface area (Å²) in [5.41, 5.74) is 3.16. The lowest BCUT2D eigenvalue weighted by molar-refractivity contribution is 0.0238. The first-order chi connectivity index (χ1) is 17.9. The molecule has 0 radical (unpaired) electrons. The van der Waals surface area contributed by atoms with E-state index in [9.17, 15) is 9.59 Å². The Labute approximate surface area is 215 Å². The van der Waals surface area contributed by atoms with Crippen LogP contribution in [0.1, 0.15) is 17.3 Å². The first-order valence-corrected chi connectivity index (χ1v) is 12.3. The lowest BCUT2D eigenvalue weighted by Gasteiger charge is -2.38. The Morgan fingerprint density at radius 2 is 1.81 bits per heavy atom. The Bertz CT molecular complexity index is 1430. The van der Waals surface area contributed by atoms with Gasteiger partial charge in [-0.3, -0.25) is 14.3 Å². The van der Waals surface area contributed by atoms with Gasteiger partial charge in [-0.1, -0.05) is 6.92 Å². The topological polar surface area (TPSA) is 91.7 Å². The molecule has 9 nitrogen and oxygen atoms in total. The molecule has 1 aliphatic heterocycles. The van der Waals surface area contributed by atoms with E-state index in [-0.39, 0.29) is 18.0 Å². The van der Waals surface area contributed by atoms with Gasteiger partial charge in [0.15, 0.2) is 0 Å². The summed E-state index contributed by atoms with van der Waals surface area (Å²) < 4.78 is 7.53. The molecule has 2 aromatic heterocycles. The third kappa shape index (κ3) is 5.12. The van der Waals surface area contributed by atoms with Crippen molar-refractivity contribution < 1.29 is 14.3 Å². The molecule has 4 aromatic rings. The van der Waals surface area contributed by atoms with Gasteiger partial charge in [0.1, 0.15) is 17.7 Å². The van der Waals surface area contributed by atoms with Crippen LogP contribution < -0.4 is 20.3 Å². The average Bonchev–Trinajstić information content (AvgIpc) is 3.33. The molecule has 2 amide bonds. The highest BCUT2D eigenvalue weighted by molar-refractivity contribution is 6.04. The molecule has 0 saturated carbocycles. The van der Waals surface area contributed by atoms with Gasteiger partial charge < -0.3 is 20.3 Å². The van der Waals surface area contributed by atoms with E-state index >= 15 is 0 Å². The molecule has 37 heavy (non-hydrogen) atoms. The maximum absolute atomic E-state index is 12.8. The highest BCUT2D eigenvalue weighted by Gasteiger charge is 2.26. The quantitative estimate of drug-likeness (QED) is 0.394. The number of rotatable bonds is 7. The summed E-state index contributed by atoms with van der Waals surface area (Å²) in [6.07, 6.45) is 3.62. The van der Waals surface area contributed by atoms with Crippen molar-refractivity contribution in [2.45, 2.75) is 13.0 Å². The first kappa shape index (κ1) is 24.3. The van der Waals surface area contributed by atoms with Crippen molar-refractivity contribution in [2.24, 2.45) is 0 Å². The van der Waals surface area contributed by atoms with Crippen LogP contribution in [0, 0.1) is 0 Å². The average molecular weight is 499 g/mol. The van der Waals surface area contributed by atoms with Crippen molar-refractivity contribution in [2.75, 3.05) is 43.9 Å². The van der Waals surface area contributed by atoms with Crippen LogP contribution >= 0.6 is 0 Å². The van der Waals surface area contributed by atoms with Gasteiger partial charge in [-0.2, -0.15) is 0 Å². The number of aromatic nitrogens is 2. The van der Waals surface area contributed by atoms with E-state index in [1.807, 2.05) is 60.5 Å². The largest absolute Gasteiger partial charge is 0.488 e. The van der Waals surface area contributed by atoms with Crippen molar-refractivity contribution in [1.29, 1.82) is 0 Å². The highest BCUT2D eigenvalue weighted by Crippen LogP contribution is 2.29. The lowest BCUT2D eigenvalue weighted by atomic mass is 10.1. The molecule has 5 rings (SSSR count). The van der Waals surface area contributed by atoms with Crippen molar-refractivity contribution >= 4 is 40.0 Å². The summed E-state index contributed by atoms with van der Waals surface area (Å²) in [4.78, 5) is 33.5. The van der Waals surface area contributed by atoms with Gasteiger partial charge in [0.05, 0.1) is 5.52 Å². The third-order valence-electron chi connectivity index (χ3n) is 6.66. The van der Waals surface area contributed by atoms with Gasteiger partial charge in [-0.15, -0.1) is 0 Å². The minimum absolute atomic E-state index is 0.186. The van der Waals surface area contributed by atoms with Gasteiger partial charge in [0.25, 0.3) is 5.91 Å². The monoisotopic (exact) mass is 498 g/mol. The number of anilines is 3. The minimum atomic E-state index is -0.239. The summed E-state index contributed by atoms with van der Waals surface area (Å²) in [5, 5.41) is 6.47. The second-order valence-corrected chi connectivity index (χ2v) is 9.01. The normalized spacial score (nSPS) is 13.7. The van der Waals surface area contributed by atoms with Crippen LogP contribution in [0.25, 0.3) is 10.9 Å². The van der Waals surface area contributed by atoms with Crippen LogP contribution in [0.4, 0.5) is 22.0 Å². The van der Waals surface area contributed by atoms with Crippen LogP contribution in [-0.4, -0.2) is 66.2 Å². The van der Waals surface area contributed by atoms with Gasteiger partial charge in [-0.05, 0) is 61.1 Å². The molecular weight excluding hydrogens is 468 g/mol. The van der Waals surface area contributed by atoms with E-state index in [2.05, 4.69) is 27.4 Å². The van der Waals surface area contributed by atoms with Crippen LogP contribution in [0.5, 0.6) is 5.75 Å². The number of likely N-dealkylation sites (tertiary alicyclic amines) is 1. The van der Waals surface area contributed by atoms with Crippen molar-refractivity contribution in [1.82, 2.24) is 19.8 Å². The predicted octanol–water partition coefficient (Wildman–Crippen LogP) is 4.33. The molecule has 9 heteroatoms. The second kappa shape index (κ2) is 10.3. The highest BCUT2D eigenvalue weighted by atomic mass is 16.5. The molecule has 2 aromatic carbocycles. The number of likely N-dealkylation sites (N-methyl/N-ethyl adjacent to an activating group) is 1. The van der Waals surface area contributed by atoms with E-state index in [1.165, 1.54) is 0 Å². The van der Waals surface area contributed by atoms with E-state index in [4.69, 9.17) is 4.74 Å². The number of hydrogen-bond donors (Lipinski definition) is 2. The van der Waals surface area contributed by atoms with Gasteiger partial charge in [-0.25, -0.2) is 9.78 Å². The second-order valence-electron chi connectivity index (χ2n) is 9.01. The number of hydrogen-bond acceptors (Lipinski definition) is 6. The lowest BCUT2D eigenvalue weighted by Crippen LogP contribution is -2.53. The third-order valence-corrected chi connectivity index (χ3v) is 6.66. The first-order valence-electron chi connectivity index (χ1n) is 12.3. The fourth-order valence-electron chi connectivity index (χ4n) is 4.40. The SMILES string of the molecule is CCN1CC(Oc2ccc(C(=O)Nc3cc(N(C)c4ccc5c(ccn5C(=O)NC)c4)ccn3)cc2)C1. The Morgan fingerprint density at radius 1 is 1.05 bits per heavy atom. The van der Waals surface area contributed by atoms with Crippen LogP contribution in [0.2, 0.25) is 0 Å². The van der Waals surface area contributed by atoms with Crippen molar-refractivity contribution in [3.8, 4) is 5.75 Å². The van der Waals surface area contributed by atoms with Gasteiger partial charge in [0, 0.05) is 68.0 Å².